The van der Waals surface area contributed by atoms with Gasteiger partial charge in [-0.15, -0.1) is 5.53 Å². The van der Waals surface area contributed by atoms with Crippen LogP contribution in [0.5, 0.6) is 0 Å². The summed E-state index contributed by atoms with van der Waals surface area (Å²) in [6.45, 7) is 3.02. The highest BCUT2D eigenvalue weighted by molar-refractivity contribution is 5.92. The summed E-state index contributed by atoms with van der Waals surface area (Å²) < 4.78 is 1.85. The van der Waals surface area contributed by atoms with E-state index in [1.807, 2.05) is 24.1 Å². The summed E-state index contributed by atoms with van der Waals surface area (Å²) in [5, 5.41) is 11.7. The van der Waals surface area contributed by atoms with Gasteiger partial charge in [0.25, 0.3) is 0 Å². The minimum Gasteiger partial charge on any atom is -0.378 e. The smallest absolute Gasteiger partial charge is 0.0814 e. The van der Waals surface area contributed by atoms with E-state index in [0.717, 1.165) is 35.4 Å². The highest BCUT2D eigenvalue weighted by atomic mass is 15.7. The van der Waals surface area contributed by atoms with Gasteiger partial charge in [-0.1, -0.05) is 18.2 Å². The second-order valence-corrected chi connectivity index (χ2v) is 8.30. The number of aromatic nitrogens is 3. The SMILES string of the molecule is CC1=C2c3ccc(-c4cnn(C)c4)cc3C(Nc3cccc4[nH]ccc34)CCN2NN1. The van der Waals surface area contributed by atoms with Crippen LogP contribution in [0.15, 0.2) is 66.8 Å². The standard InChI is InChI=1S/C24H25N7/c1-15-24-18-7-6-16(17-13-26-30(2)14-17)12-20(18)23(9-11-31(24)29-28-15)27-22-5-3-4-21-19(22)8-10-25-21/h3-8,10,12-14,23,25,27-29H,9,11H2,1-2H3. The van der Waals surface area contributed by atoms with Gasteiger partial charge in [0.1, 0.15) is 0 Å². The van der Waals surface area contributed by atoms with Crippen LogP contribution in [-0.4, -0.2) is 26.3 Å². The molecule has 0 spiro atoms. The van der Waals surface area contributed by atoms with E-state index in [1.54, 1.807) is 0 Å². The first-order chi connectivity index (χ1) is 15.2. The molecule has 4 heterocycles. The number of allylic oxidation sites excluding steroid dienone is 1. The molecule has 6 rings (SSSR count). The lowest BCUT2D eigenvalue weighted by Gasteiger charge is -2.22. The summed E-state index contributed by atoms with van der Waals surface area (Å²) in [6, 6.07) is 15.5. The topological polar surface area (TPSA) is 72.9 Å². The van der Waals surface area contributed by atoms with E-state index < -0.39 is 0 Å². The Morgan fingerprint density at radius 2 is 2.06 bits per heavy atom. The van der Waals surface area contributed by atoms with Gasteiger partial charge in [-0.25, -0.2) is 0 Å². The molecule has 2 aromatic heterocycles. The maximum Gasteiger partial charge on any atom is 0.0814 e. The number of hydrogen-bond donors (Lipinski definition) is 4. The van der Waals surface area contributed by atoms with Crippen molar-refractivity contribution in [1.82, 2.24) is 30.7 Å². The van der Waals surface area contributed by atoms with Gasteiger partial charge in [-0.2, -0.15) is 5.10 Å². The van der Waals surface area contributed by atoms with Crippen molar-refractivity contribution >= 4 is 22.3 Å². The maximum absolute atomic E-state index is 4.36. The number of nitrogens with zero attached hydrogens (tertiary/aromatic N) is 3. The second-order valence-electron chi connectivity index (χ2n) is 8.30. The molecule has 0 amide bonds. The number of benzene rings is 2. The van der Waals surface area contributed by atoms with E-state index in [1.165, 1.54) is 27.8 Å². The average molecular weight is 412 g/mol. The summed E-state index contributed by atoms with van der Waals surface area (Å²) in [5.74, 6) is 0. The summed E-state index contributed by atoms with van der Waals surface area (Å²) in [6.07, 6.45) is 6.96. The molecule has 0 bridgehead atoms. The van der Waals surface area contributed by atoms with Crippen LogP contribution in [0.1, 0.15) is 30.5 Å². The molecule has 0 saturated heterocycles. The summed E-state index contributed by atoms with van der Waals surface area (Å²) in [5.41, 5.74) is 16.1. The minimum absolute atomic E-state index is 0.180. The van der Waals surface area contributed by atoms with Gasteiger partial charge in [0.15, 0.2) is 0 Å². The fourth-order valence-corrected chi connectivity index (χ4v) is 4.76. The zero-order valence-electron chi connectivity index (χ0n) is 17.6. The Morgan fingerprint density at radius 3 is 2.94 bits per heavy atom. The molecule has 0 radical (unpaired) electrons. The predicted octanol–water partition coefficient (Wildman–Crippen LogP) is 4.14. The third kappa shape index (κ3) is 2.97. The molecule has 2 aliphatic heterocycles. The van der Waals surface area contributed by atoms with Crippen LogP contribution in [0.4, 0.5) is 5.69 Å². The van der Waals surface area contributed by atoms with E-state index in [9.17, 15) is 0 Å². The number of fused-ring (bicyclic) bond motifs is 4. The molecule has 156 valence electrons. The first-order valence-electron chi connectivity index (χ1n) is 10.6. The van der Waals surface area contributed by atoms with Gasteiger partial charge >= 0.3 is 0 Å². The molecule has 7 heteroatoms. The number of anilines is 1. The van der Waals surface area contributed by atoms with E-state index in [4.69, 9.17) is 0 Å². The van der Waals surface area contributed by atoms with Crippen molar-refractivity contribution in [2.24, 2.45) is 7.05 Å². The Bertz CT molecular complexity index is 1310. The lowest BCUT2D eigenvalue weighted by atomic mass is 9.93. The third-order valence-electron chi connectivity index (χ3n) is 6.29. The van der Waals surface area contributed by atoms with Gasteiger partial charge < -0.3 is 15.7 Å². The van der Waals surface area contributed by atoms with Crippen LogP contribution in [-0.2, 0) is 7.05 Å². The molecule has 0 fully saturated rings. The van der Waals surface area contributed by atoms with Crippen molar-refractivity contribution in [3.05, 3.63) is 77.9 Å². The van der Waals surface area contributed by atoms with Gasteiger partial charge in [-0.05, 0) is 48.7 Å². The number of hydrogen-bond acceptors (Lipinski definition) is 5. The highest BCUT2D eigenvalue weighted by Crippen LogP contribution is 2.39. The highest BCUT2D eigenvalue weighted by Gasteiger charge is 2.30. The summed E-state index contributed by atoms with van der Waals surface area (Å²) in [4.78, 5) is 3.32. The Balaban J connectivity index is 1.49. The quantitative estimate of drug-likeness (QED) is 0.408. The maximum atomic E-state index is 4.36. The van der Waals surface area contributed by atoms with E-state index in [2.05, 4.69) is 87.0 Å². The number of H-pyrrole nitrogens is 1. The van der Waals surface area contributed by atoms with E-state index >= 15 is 0 Å². The normalized spacial score (nSPS) is 18.0. The third-order valence-corrected chi connectivity index (χ3v) is 6.29. The molecule has 1 unspecified atom stereocenters. The first kappa shape index (κ1) is 18.1. The lowest BCUT2D eigenvalue weighted by molar-refractivity contribution is 0.281. The van der Waals surface area contributed by atoms with Crippen molar-refractivity contribution in [2.75, 3.05) is 11.9 Å². The first-order valence-corrected chi connectivity index (χ1v) is 10.6. The molecule has 0 saturated carbocycles. The predicted molar refractivity (Wildman–Crippen MR) is 123 cm³/mol. The summed E-state index contributed by atoms with van der Waals surface area (Å²) in [7, 11) is 1.96. The van der Waals surface area contributed by atoms with Crippen LogP contribution >= 0.6 is 0 Å². The monoisotopic (exact) mass is 411 g/mol. The van der Waals surface area contributed by atoms with Crippen molar-refractivity contribution in [1.29, 1.82) is 0 Å². The van der Waals surface area contributed by atoms with Crippen LogP contribution in [0.2, 0.25) is 0 Å². The van der Waals surface area contributed by atoms with Crippen LogP contribution in [0.3, 0.4) is 0 Å². The molecular weight excluding hydrogens is 386 g/mol. The Labute approximate surface area is 180 Å². The molecule has 4 N–H and O–H groups in total. The Kier molecular flexibility index (Phi) is 4.04. The fraction of sp³-hybridized carbons (Fsp3) is 0.208. The molecule has 2 aliphatic rings. The van der Waals surface area contributed by atoms with Gasteiger partial charge in [0.05, 0.1) is 23.6 Å². The van der Waals surface area contributed by atoms with Crippen molar-refractivity contribution in [3.63, 3.8) is 0 Å². The van der Waals surface area contributed by atoms with Crippen molar-refractivity contribution in [3.8, 4) is 11.1 Å². The van der Waals surface area contributed by atoms with Crippen LogP contribution in [0, 0.1) is 0 Å². The molecule has 1 atom stereocenters. The minimum atomic E-state index is 0.180. The average Bonchev–Trinajstić information content (AvgIpc) is 3.49. The number of hydrazine groups is 2. The lowest BCUT2D eigenvalue weighted by Crippen LogP contribution is -2.37. The van der Waals surface area contributed by atoms with Crippen LogP contribution in [0.25, 0.3) is 27.7 Å². The van der Waals surface area contributed by atoms with Crippen LogP contribution < -0.4 is 16.3 Å². The number of aromatic amines is 1. The van der Waals surface area contributed by atoms with Crippen molar-refractivity contribution in [2.45, 2.75) is 19.4 Å². The second kappa shape index (κ2) is 6.92. The molecule has 7 nitrogen and oxygen atoms in total. The molecule has 31 heavy (non-hydrogen) atoms. The molecule has 2 aromatic carbocycles. The van der Waals surface area contributed by atoms with E-state index in [0.29, 0.717) is 0 Å². The van der Waals surface area contributed by atoms with Gasteiger partial charge in [-0.3, -0.25) is 9.69 Å². The Morgan fingerprint density at radius 1 is 1.13 bits per heavy atom. The zero-order chi connectivity index (χ0) is 20.9. The molecule has 0 aliphatic carbocycles. The zero-order valence-corrected chi connectivity index (χ0v) is 17.6. The van der Waals surface area contributed by atoms with Crippen molar-refractivity contribution < 1.29 is 0 Å². The molecule has 4 aromatic rings. The number of aryl methyl sites for hydroxylation is 1. The summed E-state index contributed by atoms with van der Waals surface area (Å²) >= 11 is 0. The number of rotatable bonds is 3. The van der Waals surface area contributed by atoms with Gasteiger partial charge in [0, 0.05) is 53.7 Å². The Hall–Kier alpha value is -3.71. The number of nitrogens with one attached hydrogen (secondary N) is 4. The fourth-order valence-electron chi connectivity index (χ4n) is 4.76. The van der Waals surface area contributed by atoms with Gasteiger partial charge in [0.2, 0.25) is 0 Å². The largest absolute Gasteiger partial charge is 0.378 e. The van der Waals surface area contributed by atoms with E-state index in [-0.39, 0.29) is 6.04 Å². The molecular formula is C24H25N7.